The van der Waals surface area contributed by atoms with Crippen LogP contribution in [0.1, 0.15) is 12.0 Å². The quantitative estimate of drug-likeness (QED) is 0.807. The lowest BCUT2D eigenvalue weighted by molar-refractivity contribution is -0.117. The first-order valence-electron chi connectivity index (χ1n) is 6.69. The van der Waals surface area contributed by atoms with E-state index < -0.39 is 0 Å². The molecule has 1 aliphatic rings. The fraction of sp³-hybridized carbons (Fsp3) is 0.333. The van der Waals surface area contributed by atoms with Crippen molar-refractivity contribution in [3.8, 4) is 0 Å². The Labute approximate surface area is 126 Å². The van der Waals surface area contributed by atoms with Gasteiger partial charge in [-0.05, 0) is 29.7 Å². The zero-order chi connectivity index (χ0) is 13.9. The van der Waals surface area contributed by atoms with Gasteiger partial charge in [0.25, 0.3) is 0 Å². The van der Waals surface area contributed by atoms with Crippen LogP contribution in [-0.4, -0.2) is 27.6 Å². The maximum atomic E-state index is 12.0. The predicted octanol–water partition coefficient (Wildman–Crippen LogP) is 2.68. The van der Waals surface area contributed by atoms with Crippen molar-refractivity contribution < 1.29 is 4.79 Å². The van der Waals surface area contributed by atoms with E-state index in [-0.39, 0.29) is 5.91 Å². The Bertz CT molecular complexity index is 580. The van der Waals surface area contributed by atoms with Gasteiger partial charge in [0.05, 0.1) is 6.54 Å². The second kappa shape index (κ2) is 5.79. The summed E-state index contributed by atoms with van der Waals surface area (Å²) in [5.41, 5.74) is 2.17. The first kappa shape index (κ1) is 13.4. The monoisotopic (exact) mass is 333 g/mol. The zero-order valence-corrected chi connectivity index (χ0v) is 12.7. The van der Waals surface area contributed by atoms with E-state index in [1.165, 1.54) is 5.56 Å². The van der Waals surface area contributed by atoms with Gasteiger partial charge in [-0.1, -0.05) is 28.1 Å². The van der Waals surface area contributed by atoms with E-state index in [1.807, 2.05) is 34.0 Å². The third kappa shape index (κ3) is 2.77. The van der Waals surface area contributed by atoms with E-state index in [0.717, 1.165) is 24.1 Å². The van der Waals surface area contributed by atoms with Gasteiger partial charge in [-0.25, -0.2) is 0 Å². The summed E-state index contributed by atoms with van der Waals surface area (Å²) in [6.45, 7) is 1.56. The lowest BCUT2D eigenvalue weighted by Crippen LogP contribution is -2.24. The van der Waals surface area contributed by atoms with E-state index in [1.54, 1.807) is 6.20 Å². The van der Waals surface area contributed by atoms with Gasteiger partial charge in [0.1, 0.15) is 0 Å². The highest BCUT2D eigenvalue weighted by molar-refractivity contribution is 9.09. The second-order valence-electron chi connectivity index (χ2n) is 5.10. The number of carbonyl (C=O) groups is 1. The summed E-state index contributed by atoms with van der Waals surface area (Å²) < 4.78 is 1.89. The number of nitrogens with zero attached hydrogens (tertiary/aromatic N) is 3. The predicted molar refractivity (Wildman–Crippen MR) is 82.0 cm³/mol. The number of rotatable bonds is 4. The summed E-state index contributed by atoms with van der Waals surface area (Å²) in [7, 11) is 0. The van der Waals surface area contributed by atoms with E-state index >= 15 is 0 Å². The van der Waals surface area contributed by atoms with E-state index in [2.05, 4.69) is 33.2 Å². The molecule has 4 nitrogen and oxygen atoms in total. The molecule has 0 spiro atoms. The van der Waals surface area contributed by atoms with Gasteiger partial charge in [-0.3, -0.25) is 9.48 Å². The molecule has 1 aromatic carbocycles. The molecule has 0 bridgehead atoms. The molecular weight excluding hydrogens is 318 g/mol. The fourth-order valence-electron chi connectivity index (χ4n) is 2.50. The van der Waals surface area contributed by atoms with Crippen LogP contribution in [0.4, 0.5) is 5.69 Å². The maximum Gasteiger partial charge on any atom is 0.227 e. The number of amides is 1. The first-order valence-corrected chi connectivity index (χ1v) is 7.81. The number of aromatic nitrogens is 2. The molecule has 5 heteroatoms. The van der Waals surface area contributed by atoms with Crippen LogP contribution in [0.2, 0.25) is 0 Å². The van der Waals surface area contributed by atoms with Crippen molar-refractivity contribution in [3.05, 3.63) is 48.3 Å². The Hall–Kier alpha value is -1.62. The summed E-state index contributed by atoms with van der Waals surface area (Å²) in [5.74, 6) is 0.639. The fourth-order valence-corrected chi connectivity index (χ4v) is 2.93. The van der Waals surface area contributed by atoms with Gasteiger partial charge in [0, 0.05) is 36.4 Å². The molecule has 2 heterocycles. The normalized spacial score (nSPS) is 18.8. The van der Waals surface area contributed by atoms with Crippen molar-refractivity contribution in [3.63, 3.8) is 0 Å². The van der Waals surface area contributed by atoms with Gasteiger partial charge < -0.3 is 4.90 Å². The van der Waals surface area contributed by atoms with Crippen molar-refractivity contribution in [2.24, 2.45) is 5.92 Å². The standard InChI is InChI=1S/C15H16BrN3O/c16-9-13-8-15(20)19(11-13)14-4-2-12(3-5-14)10-18-7-1-6-17-18/h1-7,13H,8-11H2. The SMILES string of the molecule is O=C1CC(CBr)CN1c1ccc(Cn2cccn2)cc1. The molecule has 1 fully saturated rings. The molecule has 3 rings (SSSR count). The number of carbonyl (C=O) groups excluding carboxylic acids is 1. The van der Waals surface area contributed by atoms with Crippen LogP contribution >= 0.6 is 15.9 Å². The van der Waals surface area contributed by atoms with Gasteiger partial charge in [0.15, 0.2) is 0 Å². The van der Waals surface area contributed by atoms with Crippen LogP contribution in [0.25, 0.3) is 0 Å². The van der Waals surface area contributed by atoms with Crippen molar-refractivity contribution >= 4 is 27.5 Å². The summed E-state index contributed by atoms with van der Waals surface area (Å²) >= 11 is 3.46. The summed E-state index contributed by atoms with van der Waals surface area (Å²) in [6, 6.07) is 10.1. The molecule has 1 atom stereocenters. The number of benzene rings is 1. The molecule has 0 N–H and O–H groups in total. The highest BCUT2D eigenvalue weighted by atomic mass is 79.9. The molecule has 0 radical (unpaired) electrons. The van der Waals surface area contributed by atoms with Gasteiger partial charge in [-0.15, -0.1) is 0 Å². The van der Waals surface area contributed by atoms with Gasteiger partial charge in [-0.2, -0.15) is 5.10 Å². The third-order valence-electron chi connectivity index (χ3n) is 3.58. The third-order valence-corrected chi connectivity index (χ3v) is 4.49. The molecule has 2 aromatic rings. The first-order chi connectivity index (χ1) is 9.76. The Kier molecular flexibility index (Phi) is 3.87. The molecule has 1 saturated heterocycles. The highest BCUT2D eigenvalue weighted by Crippen LogP contribution is 2.26. The Balaban J connectivity index is 1.71. The molecule has 1 aromatic heterocycles. The van der Waals surface area contributed by atoms with Crippen molar-refractivity contribution in [2.75, 3.05) is 16.8 Å². The van der Waals surface area contributed by atoms with E-state index in [0.29, 0.717) is 12.3 Å². The minimum atomic E-state index is 0.217. The van der Waals surface area contributed by atoms with Crippen molar-refractivity contribution in [2.45, 2.75) is 13.0 Å². The van der Waals surface area contributed by atoms with Gasteiger partial charge >= 0.3 is 0 Å². The summed E-state index contributed by atoms with van der Waals surface area (Å²) in [4.78, 5) is 13.9. The lowest BCUT2D eigenvalue weighted by Gasteiger charge is -2.16. The molecule has 20 heavy (non-hydrogen) atoms. The molecule has 1 aliphatic heterocycles. The van der Waals surface area contributed by atoms with Gasteiger partial charge in [0.2, 0.25) is 5.91 Å². The Morgan fingerprint density at radius 1 is 1.30 bits per heavy atom. The van der Waals surface area contributed by atoms with E-state index in [4.69, 9.17) is 0 Å². The molecule has 104 valence electrons. The van der Waals surface area contributed by atoms with Crippen molar-refractivity contribution in [1.29, 1.82) is 0 Å². The Morgan fingerprint density at radius 3 is 2.70 bits per heavy atom. The number of hydrogen-bond donors (Lipinski definition) is 0. The number of alkyl halides is 1. The smallest absolute Gasteiger partial charge is 0.227 e. The number of hydrogen-bond acceptors (Lipinski definition) is 2. The second-order valence-corrected chi connectivity index (χ2v) is 5.75. The maximum absolute atomic E-state index is 12.0. The lowest BCUT2D eigenvalue weighted by atomic mass is 10.1. The topological polar surface area (TPSA) is 38.1 Å². The largest absolute Gasteiger partial charge is 0.312 e. The highest BCUT2D eigenvalue weighted by Gasteiger charge is 2.29. The molecule has 0 aliphatic carbocycles. The minimum Gasteiger partial charge on any atom is -0.312 e. The van der Waals surface area contributed by atoms with E-state index in [9.17, 15) is 4.79 Å². The summed E-state index contributed by atoms with van der Waals surface area (Å²) in [5, 5.41) is 5.07. The van der Waals surface area contributed by atoms with Crippen LogP contribution < -0.4 is 4.90 Å². The van der Waals surface area contributed by atoms with Crippen LogP contribution in [0.5, 0.6) is 0 Å². The average Bonchev–Trinajstić information content (AvgIpc) is 3.09. The zero-order valence-electron chi connectivity index (χ0n) is 11.1. The van der Waals surface area contributed by atoms with Crippen LogP contribution in [0.3, 0.4) is 0 Å². The van der Waals surface area contributed by atoms with Crippen LogP contribution in [-0.2, 0) is 11.3 Å². The molecule has 1 unspecified atom stereocenters. The number of halogens is 1. The van der Waals surface area contributed by atoms with Crippen LogP contribution in [0, 0.1) is 5.92 Å². The average molecular weight is 334 g/mol. The summed E-state index contributed by atoms with van der Waals surface area (Å²) in [6.07, 6.45) is 4.36. The number of anilines is 1. The van der Waals surface area contributed by atoms with Crippen LogP contribution in [0.15, 0.2) is 42.7 Å². The Morgan fingerprint density at radius 2 is 2.10 bits per heavy atom. The molecular formula is C15H16BrN3O. The van der Waals surface area contributed by atoms with Crippen molar-refractivity contribution in [1.82, 2.24) is 9.78 Å². The minimum absolute atomic E-state index is 0.217. The molecule has 1 amide bonds. The molecule has 0 saturated carbocycles.